The van der Waals surface area contributed by atoms with Crippen molar-refractivity contribution in [1.82, 2.24) is 10.3 Å². The molecule has 1 aromatic heterocycles. The van der Waals surface area contributed by atoms with Crippen molar-refractivity contribution in [2.45, 2.75) is 31.7 Å². The first-order valence-corrected chi connectivity index (χ1v) is 8.09. The van der Waals surface area contributed by atoms with Crippen LogP contribution >= 0.6 is 27.3 Å². The molecule has 0 aromatic carbocycles. The summed E-state index contributed by atoms with van der Waals surface area (Å²) < 4.78 is 0.971. The third-order valence-corrected chi connectivity index (χ3v) is 5.47. The van der Waals surface area contributed by atoms with Crippen molar-refractivity contribution in [3.8, 4) is 0 Å². The van der Waals surface area contributed by atoms with E-state index in [0.29, 0.717) is 0 Å². The van der Waals surface area contributed by atoms with E-state index >= 15 is 0 Å². The number of aromatic nitrogens is 1. The predicted molar refractivity (Wildman–Crippen MR) is 75.8 cm³/mol. The minimum atomic E-state index is 0.751. The van der Waals surface area contributed by atoms with Gasteiger partial charge in [-0.1, -0.05) is 0 Å². The van der Waals surface area contributed by atoms with E-state index in [2.05, 4.69) is 36.5 Å². The maximum Gasteiger partial charge on any atom is 0.186 e. The maximum absolute atomic E-state index is 4.54. The van der Waals surface area contributed by atoms with Gasteiger partial charge in [-0.2, -0.15) is 0 Å². The number of piperidine rings is 1. The van der Waals surface area contributed by atoms with Crippen molar-refractivity contribution in [1.29, 1.82) is 0 Å². The minimum absolute atomic E-state index is 0.751. The van der Waals surface area contributed by atoms with Crippen LogP contribution in [0.2, 0.25) is 0 Å². The molecule has 1 N–H and O–H groups in total. The van der Waals surface area contributed by atoms with E-state index in [0.717, 1.165) is 16.6 Å². The van der Waals surface area contributed by atoms with Crippen LogP contribution in [-0.4, -0.2) is 30.7 Å². The third kappa shape index (κ3) is 2.66. The van der Waals surface area contributed by atoms with Crippen molar-refractivity contribution < 1.29 is 0 Å². The van der Waals surface area contributed by atoms with E-state index in [4.69, 9.17) is 0 Å². The van der Waals surface area contributed by atoms with Crippen LogP contribution < -0.4 is 10.2 Å². The smallest absolute Gasteiger partial charge is 0.186 e. The molecule has 1 aromatic rings. The molecule has 2 unspecified atom stereocenters. The monoisotopic (exact) mass is 315 g/mol. The van der Waals surface area contributed by atoms with Gasteiger partial charge in [0.2, 0.25) is 0 Å². The highest BCUT2D eigenvalue weighted by Gasteiger charge is 2.29. The van der Waals surface area contributed by atoms with E-state index in [1.165, 1.54) is 50.4 Å². The van der Waals surface area contributed by atoms with Crippen LogP contribution in [0, 0.1) is 5.92 Å². The largest absolute Gasteiger partial charge is 0.348 e. The van der Waals surface area contributed by atoms with E-state index in [9.17, 15) is 0 Å². The lowest BCUT2D eigenvalue weighted by atomic mass is 9.90. The van der Waals surface area contributed by atoms with E-state index < -0.39 is 0 Å². The fraction of sp³-hybridized carbons (Fsp3) is 0.750. The van der Waals surface area contributed by atoms with Crippen molar-refractivity contribution in [3.63, 3.8) is 0 Å². The van der Waals surface area contributed by atoms with Gasteiger partial charge in [-0.3, -0.25) is 0 Å². The minimum Gasteiger partial charge on any atom is -0.348 e. The standard InChI is InChI=1S/C12H18BrN3S/c13-11-8-17-12(15-11)16-6-2-3-9(7-16)10-4-1-5-14-10/h8-10,14H,1-7H2. The molecule has 0 amide bonds. The number of hydrogen-bond acceptors (Lipinski definition) is 4. The van der Waals surface area contributed by atoms with Gasteiger partial charge in [0.25, 0.3) is 0 Å². The van der Waals surface area contributed by atoms with E-state index in [1.807, 2.05) is 0 Å². The maximum atomic E-state index is 4.54. The lowest BCUT2D eigenvalue weighted by Crippen LogP contribution is -2.43. The Morgan fingerprint density at radius 1 is 1.41 bits per heavy atom. The summed E-state index contributed by atoms with van der Waals surface area (Å²) >= 11 is 5.19. The molecule has 2 aliphatic heterocycles. The van der Waals surface area contributed by atoms with Crippen LogP contribution in [0.4, 0.5) is 5.13 Å². The van der Waals surface area contributed by atoms with Crippen molar-refractivity contribution in [2.75, 3.05) is 24.5 Å². The summed E-state index contributed by atoms with van der Waals surface area (Å²) in [7, 11) is 0. The number of hydrogen-bond donors (Lipinski definition) is 1. The van der Waals surface area contributed by atoms with Gasteiger partial charge < -0.3 is 10.2 Å². The molecule has 0 radical (unpaired) electrons. The average molecular weight is 316 g/mol. The Kier molecular flexibility index (Phi) is 3.68. The highest BCUT2D eigenvalue weighted by molar-refractivity contribution is 9.10. The first kappa shape index (κ1) is 11.9. The zero-order valence-corrected chi connectivity index (χ0v) is 12.3. The molecule has 0 aliphatic carbocycles. The molecule has 2 saturated heterocycles. The van der Waals surface area contributed by atoms with Crippen LogP contribution in [0.5, 0.6) is 0 Å². The molecule has 0 spiro atoms. The van der Waals surface area contributed by atoms with Crippen molar-refractivity contribution >= 4 is 32.4 Å². The Hall–Kier alpha value is -0.130. The number of halogens is 1. The molecule has 5 heteroatoms. The molecule has 0 bridgehead atoms. The summed E-state index contributed by atoms with van der Waals surface area (Å²) in [5.41, 5.74) is 0. The van der Waals surface area contributed by atoms with Gasteiger partial charge in [-0.15, -0.1) is 11.3 Å². The number of thiazole rings is 1. The fourth-order valence-corrected chi connectivity index (χ4v) is 4.30. The number of nitrogens with zero attached hydrogens (tertiary/aromatic N) is 2. The first-order chi connectivity index (χ1) is 8.33. The van der Waals surface area contributed by atoms with Crippen molar-refractivity contribution in [2.24, 2.45) is 5.92 Å². The molecule has 94 valence electrons. The molecule has 0 saturated carbocycles. The highest BCUT2D eigenvalue weighted by Crippen LogP contribution is 2.30. The Labute approximate surface area is 115 Å². The van der Waals surface area contributed by atoms with Crippen LogP contribution in [0.25, 0.3) is 0 Å². The van der Waals surface area contributed by atoms with Crippen LogP contribution in [-0.2, 0) is 0 Å². The second-order valence-corrected chi connectivity index (χ2v) is 6.65. The van der Waals surface area contributed by atoms with Crippen LogP contribution in [0.15, 0.2) is 9.98 Å². The van der Waals surface area contributed by atoms with Crippen molar-refractivity contribution in [3.05, 3.63) is 9.98 Å². The normalized spacial score (nSPS) is 29.8. The van der Waals surface area contributed by atoms with Gasteiger partial charge in [0, 0.05) is 24.5 Å². The second-order valence-electron chi connectivity index (χ2n) is 5.00. The Morgan fingerprint density at radius 2 is 2.35 bits per heavy atom. The lowest BCUT2D eigenvalue weighted by molar-refractivity contribution is 0.328. The SMILES string of the molecule is Brc1csc(N2CCCC(C3CCCN3)C2)n1. The summed E-state index contributed by atoms with van der Waals surface area (Å²) in [6.07, 6.45) is 5.39. The molecule has 3 heterocycles. The predicted octanol–water partition coefficient (Wildman–Crippen LogP) is 2.87. The molecular weight excluding hydrogens is 298 g/mol. The van der Waals surface area contributed by atoms with Gasteiger partial charge in [0.15, 0.2) is 5.13 Å². The number of rotatable bonds is 2. The molecule has 17 heavy (non-hydrogen) atoms. The van der Waals surface area contributed by atoms with Crippen LogP contribution in [0.1, 0.15) is 25.7 Å². The Balaban J connectivity index is 1.66. The lowest BCUT2D eigenvalue weighted by Gasteiger charge is -2.35. The fourth-order valence-electron chi connectivity index (χ4n) is 3.02. The molecular formula is C12H18BrN3S. The van der Waals surface area contributed by atoms with Gasteiger partial charge in [-0.25, -0.2) is 4.98 Å². The highest BCUT2D eigenvalue weighted by atomic mass is 79.9. The molecule has 2 fully saturated rings. The zero-order chi connectivity index (χ0) is 11.7. The van der Waals surface area contributed by atoms with Gasteiger partial charge in [0.05, 0.1) is 0 Å². The van der Waals surface area contributed by atoms with Gasteiger partial charge in [0.1, 0.15) is 4.60 Å². The number of nitrogens with one attached hydrogen (secondary N) is 1. The molecule has 2 aliphatic rings. The summed E-state index contributed by atoms with van der Waals surface area (Å²) in [6.45, 7) is 3.56. The molecule has 2 atom stereocenters. The average Bonchev–Trinajstić information content (AvgIpc) is 3.00. The topological polar surface area (TPSA) is 28.2 Å². The zero-order valence-electron chi connectivity index (χ0n) is 9.86. The summed E-state index contributed by atoms with van der Waals surface area (Å²) in [6, 6.07) is 0.751. The Bertz CT molecular complexity index is 376. The summed E-state index contributed by atoms with van der Waals surface area (Å²) in [5.74, 6) is 0.814. The van der Waals surface area contributed by atoms with E-state index in [1.54, 1.807) is 11.3 Å². The number of anilines is 1. The molecule has 3 rings (SSSR count). The van der Waals surface area contributed by atoms with Gasteiger partial charge >= 0.3 is 0 Å². The summed E-state index contributed by atoms with van der Waals surface area (Å²) in [4.78, 5) is 7.00. The van der Waals surface area contributed by atoms with Crippen LogP contribution in [0.3, 0.4) is 0 Å². The molecule has 3 nitrogen and oxygen atoms in total. The summed E-state index contributed by atoms with van der Waals surface area (Å²) in [5, 5.41) is 6.91. The Morgan fingerprint density at radius 3 is 3.06 bits per heavy atom. The third-order valence-electron chi connectivity index (χ3n) is 3.86. The van der Waals surface area contributed by atoms with E-state index in [-0.39, 0.29) is 0 Å². The van der Waals surface area contributed by atoms with Gasteiger partial charge in [-0.05, 0) is 54.1 Å². The quantitative estimate of drug-likeness (QED) is 0.909. The first-order valence-electron chi connectivity index (χ1n) is 6.42. The second kappa shape index (κ2) is 5.24.